The van der Waals surface area contributed by atoms with Crippen molar-refractivity contribution in [1.82, 2.24) is 5.32 Å². The van der Waals surface area contributed by atoms with E-state index in [0.717, 1.165) is 25.9 Å². The number of benzene rings is 1. The first-order chi connectivity index (χ1) is 9.31. The van der Waals surface area contributed by atoms with Crippen molar-refractivity contribution in [3.63, 3.8) is 0 Å². The second kappa shape index (κ2) is 7.80. The lowest BCUT2D eigenvalue weighted by molar-refractivity contribution is 0.424. The number of rotatable bonds is 7. The zero-order valence-electron chi connectivity index (χ0n) is 13.9. The van der Waals surface area contributed by atoms with Gasteiger partial charge in [0.15, 0.2) is 0 Å². The molecule has 0 bridgehead atoms. The van der Waals surface area contributed by atoms with Crippen LogP contribution in [-0.2, 0) is 13.0 Å². The molecule has 0 atom stereocenters. The molecule has 114 valence electrons. The molecule has 0 amide bonds. The summed E-state index contributed by atoms with van der Waals surface area (Å²) in [5, 5.41) is 3.58. The average molecular weight is 276 g/mol. The van der Waals surface area contributed by atoms with Gasteiger partial charge in [0.2, 0.25) is 0 Å². The lowest BCUT2D eigenvalue weighted by Gasteiger charge is -2.21. The molecule has 0 spiro atoms. The molecule has 0 saturated carbocycles. The summed E-state index contributed by atoms with van der Waals surface area (Å²) in [5.74, 6) is 0.581. The van der Waals surface area contributed by atoms with E-state index in [4.69, 9.17) is 5.73 Å². The molecule has 1 rings (SSSR count). The molecule has 1 aromatic carbocycles. The maximum absolute atomic E-state index is 5.59. The fourth-order valence-electron chi connectivity index (χ4n) is 2.21. The van der Waals surface area contributed by atoms with Crippen molar-refractivity contribution in [1.29, 1.82) is 0 Å². The van der Waals surface area contributed by atoms with E-state index in [-0.39, 0.29) is 5.54 Å². The molecule has 0 aliphatic rings. The lowest BCUT2D eigenvalue weighted by atomic mass is 9.95. The van der Waals surface area contributed by atoms with Gasteiger partial charge in [0, 0.05) is 12.1 Å². The second-order valence-corrected chi connectivity index (χ2v) is 7.09. The van der Waals surface area contributed by atoms with E-state index in [2.05, 4.69) is 58.1 Å². The fourth-order valence-corrected chi connectivity index (χ4v) is 2.21. The van der Waals surface area contributed by atoms with E-state index in [1.54, 1.807) is 0 Å². The van der Waals surface area contributed by atoms with Gasteiger partial charge in [0.05, 0.1) is 0 Å². The van der Waals surface area contributed by atoms with Crippen molar-refractivity contribution in [3.05, 3.63) is 34.9 Å². The molecule has 2 nitrogen and oxygen atoms in total. The van der Waals surface area contributed by atoms with Gasteiger partial charge in [0.25, 0.3) is 0 Å². The minimum atomic E-state index is 0.160. The average Bonchev–Trinajstić information content (AvgIpc) is 2.36. The number of aryl methyl sites for hydroxylation is 1. The van der Waals surface area contributed by atoms with Crippen LogP contribution < -0.4 is 11.1 Å². The van der Waals surface area contributed by atoms with Crippen molar-refractivity contribution in [3.8, 4) is 0 Å². The van der Waals surface area contributed by atoms with Gasteiger partial charge < -0.3 is 11.1 Å². The van der Waals surface area contributed by atoms with E-state index < -0.39 is 0 Å². The molecular formula is C18H32N2. The first kappa shape index (κ1) is 17.2. The molecule has 0 aliphatic heterocycles. The van der Waals surface area contributed by atoms with Gasteiger partial charge in [-0.05, 0) is 69.2 Å². The Morgan fingerprint density at radius 3 is 2.25 bits per heavy atom. The van der Waals surface area contributed by atoms with Crippen LogP contribution in [0.2, 0.25) is 0 Å². The van der Waals surface area contributed by atoms with Gasteiger partial charge in [-0.2, -0.15) is 0 Å². The van der Waals surface area contributed by atoms with Gasteiger partial charge in [-0.1, -0.05) is 32.0 Å². The van der Waals surface area contributed by atoms with E-state index in [9.17, 15) is 0 Å². The quantitative estimate of drug-likeness (QED) is 0.739. The highest BCUT2D eigenvalue weighted by atomic mass is 14.9. The summed E-state index contributed by atoms with van der Waals surface area (Å²) < 4.78 is 0. The highest BCUT2D eigenvalue weighted by molar-refractivity contribution is 5.32. The minimum absolute atomic E-state index is 0.160. The van der Waals surface area contributed by atoms with Crippen LogP contribution in [0, 0.1) is 0 Å². The molecule has 0 aliphatic carbocycles. The zero-order chi connectivity index (χ0) is 15.2. The third-order valence-corrected chi connectivity index (χ3v) is 3.48. The van der Waals surface area contributed by atoms with Crippen molar-refractivity contribution in [2.75, 3.05) is 6.54 Å². The van der Waals surface area contributed by atoms with Gasteiger partial charge in [-0.3, -0.25) is 0 Å². The molecule has 0 radical (unpaired) electrons. The Labute approximate surface area is 125 Å². The van der Waals surface area contributed by atoms with E-state index in [1.807, 2.05) is 0 Å². The summed E-state index contributed by atoms with van der Waals surface area (Å²) in [6.07, 6.45) is 3.44. The van der Waals surface area contributed by atoms with Gasteiger partial charge >= 0.3 is 0 Å². The molecule has 3 N–H and O–H groups in total. The molecule has 0 aromatic heterocycles. The Bertz CT molecular complexity index is 402. The lowest BCUT2D eigenvalue weighted by Crippen LogP contribution is -2.35. The predicted molar refractivity (Wildman–Crippen MR) is 89.1 cm³/mol. The molecule has 0 unspecified atom stereocenters. The van der Waals surface area contributed by atoms with Crippen molar-refractivity contribution >= 4 is 0 Å². The Morgan fingerprint density at radius 1 is 1.05 bits per heavy atom. The number of hydrogen-bond acceptors (Lipinski definition) is 2. The summed E-state index contributed by atoms with van der Waals surface area (Å²) in [4.78, 5) is 0. The van der Waals surface area contributed by atoms with Crippen LogP contribution in [0.5, 0.6) is 0 Å². The Balaban J connectivity index is 2.81. The summed E-state index contributed by atoms with van der Waals surface area (Å²) >= 11 is 0. The highest BCUT2D eigenvalue weighted by Crippen LogP contribution is 2.20. The van der Waals surface area contributed by atoms with Crippen molar-refractivity contribution < 1.29 is 0 Å². The maximum Gasteiger partial charge on any atom is 0.0210 e. The van der Waals surface area contributed by atoms with Gasteiger partial charge in [-0.15, -0.1) is 0 Å². The summed E-state index contributed by atoms with van der Waals surface area (Å²) in [6, 6.07) is 7.05. The number of nitrogens with one attached hydrogen (secondary N) is 1. The third kappa shape index (κ3) is 6.53. The first-order valence-electron chi connectivity index (χ1n) is 7.89. The van der Waals surface area contributed by atoms with Crippen LogP contribution in [0.1, 0.15) is 70.1 Å². The maximum atomic E-state index is 5.59. The summed E-state index contributed by atoms with van der Waals surface area (Å²) in [5.41, 5.74) is 10.0. The van der Waals surface area contributed by atoms with Crippen LogP contribution in [0.4, 0.5) is 0 Å². The Kier molecular flexibility index (Phi) is 6.70. The summed E-state index contributed by atoms with van der Waals surface area (Å²) in [7, 11) is 0. The second-order valence-electron chi connectivity index (χ2n) is 7.09. The number of hydrogen-bond donors (Lipinski definition) is 2. The van der Waals surface area contributed by atoms with Crippen LogP contribution in [0.15, 0.2) is 18.2 Å². The zero-order valence-corrected chi connectivity index (χ0v) is 13.9. The monoisotopic (exact) mass is 276 g/mol. The molecule has 0 saturated heterocycles. The SMILES string of the molecule is CC(C)c1cc(CCCCN)cc(CNC(C)(C)C)c1. The standard InChI is InChI=1S/C18H32N2/c1-14(2)17-11-15(8-6-7-9-19)10-16(12-17)13-20-18(3,4)5/h10-12,14,20H,6-9,13,19H2,1-5H3. The van der Waals surface area contributed by atoms with Crippen LogP contribution in [-0.4, -0.2) is 12.1 Å². The largest absolute Gasteiger partial charge is 0.330 e. The van der Waals surface area contributed by atoms with Crippen LogP contribution in [0.3, 0.4) is 0 Å². The van der Waals surface area contributed by atoms with E-state index in [1.165, 1.54) is 23.1 Å². The summed E-state index contributed by atoms with van der Waals surface area (Å²) in [6.45, 7) is 12.9. The minimum Gasteiger partial charge on any atom is -0.330 e. The van der Waals surface area contributed by atoms with E-state index in [0.29, 0.717) is 5.92 Å². The number of unbranched alkanes of at least 4 members (excludes halogenated alkanes) is 1. The molecule has 0 heterocycles. The van der Waals surface area contributed by atoms with Gasteiger partial charge in [0.1, 0.15) is 0 Å². The molecule has 0 fully saturated rings. The highest BCUT2D eigenvalue weighted by Gasteiger charge is 2.10. The topological polar surface area (TPSA) is 38.0 Å². The van der Waals surface area contributed by atoms with Crippen LogP contribution >= 0.6 is 0 Å². The fraction of sp³-hybridized carbons (Fsp3) is 0.667. The van der Waals surface area contributed by atoms with Crippen molar-refractivity contribution in [2.24, 2.45) is 5.73 Å². The Morgan fingerprint density at radius 2 is 1.70 bits per heavy atom. The van der Waals surface area contributed by atoms with Crippen LogP contribution in [0.25, 0.3) is 0 Å². The molecular weight excluding hydrogens is 244 g/mol. The van der Waals surface area contributed by atoms with Gasteiger partial charge in [-0.25, -0.2) is 0 Å². The molecule has 1 aromatic rings. The Hall–Kier alpha value is -0.860. The normalized spacial score (nSPS) is 12.2. The van der Waals surface area contributed by atoms with E-state index >= 15 is 0 Å². The molecule has 20 heavy (non-hydrogen) atoms. The third-order valence-electron chi connectivity index (χ3n) is 3.48. The van der Waals surface area contributed by atoms with Crippen molar-refractivity contribution in [2.45, 2.75) is 71.9 Å². The number of nitrogens with two attached hydrogens (primary N) is 1. The first-order valence-corrected chi connectivity index (χ1v) is 7.89. The predicted octanol–water partition coefficient (Wildman–Crippen LogP) is 3.98. The molecule has 2 heteroatoms. The smallest absolute Gasteiger partial charge is 0.0210 e.